The second kappa shape index (κ2) is 18.7. The van der Waals surface area contributed by atoms with Crippen LogP contribution in [0.4, 0.5) is 0 Å². The number of hydrogen-bond donors (Lipinski definition) is 2. The average molecular weight is 403 g/mol. The molecule has 0 aromatic heterocycles. The maximum atomic E-state index is 11.9. The van der Waals surface area contributed by atoms with E-state index in [4.69, 9.17) is 0 Å². The first-order chi connectivity index (χ1) is 14.2. The molecular weight excluding hydrogens is 356 g/mol. The molecule has 29 heavy (non-hydrogen) atoms. The standard InChI is InChI=1S/C26H46N2O/c1-3-4-5-6-7-8-9-10-11-12-13-14-15-19-22-27-26(29)23-28-24(2)25-20-17-16-18-21-25/h16-18,20-21,24,28H,3-15,19,22-23H2,1-2H3,(H,27,29). The van der Waals surface area contributed by atoms with Crippen molar-refractivity contribution >= 4 is 5.91 Å². The van der Waals surface area contributed by atoms with Crippen molar-refractivity contribution in [3.8, 4) is 0 Å². The molecule has 0 aliphatic carbocycles. The van der Waals surface area contributed by atoms with Crippen LogP contribution in [-0.2, 0) is 4.79 Å². The Kier molecular flexibility index (Phi) is 16.5. The minimum atomic E-state index is 0.0995. The Balaban J connectivity index is 1.82. The molecule has 1 unspecified atom stereocenters. The van der Waals surface area contributed by atoms with E-state index in [0.29, 0.717) is 6.54 Å². The van der Waals surface area contributed by atoms with E-state index in [-0.39, 0.29) is 11.9 Å². The van der Waals surface area contributed by atoms with Gasteiger partial charge in [-0.05, 0) is 18.9 Å². The van der Waals surface area contributed by atoms with Gasteiger partial charge in [0.25, 0.3) is 0 Å². The van der Waals surface area contributed by atoms with Crippen molar-refractivity contribution in [1.82, 2.24) is 10.6 Å². The molecule has 1 amide bonds. The Morgan fingerprint density at radius 3 is 1.76 bits per heavy atom. The lowest BCUT2D eigenvalue weighted by Gasteiger charge is -2.14. The van der Waals surface area contributed by atoms with Crippen molar-refractivity contribution in [2.75, 3.05) is 13.1 Å². The lowest BCUT2D eigenvalue weighted by molar-refractivity contribution is -0.120. The van der Waals surface area contributed by atoms with Gasteiger partial charge in [0.1, 0.15) is 0 Å². The normalized spacial score (nSPS) is 12.1. The van der Waals surface area contributed by atoms with Crippen LogP contribution in [0.15, 0.2) is 30.3 Å². The van der Waals surface area contributed by atoms with Crippen molar-refractivity contribution in [3.05, 3.63) is 35.9 Å². The number of hydrogen-bond acceptors (Lipinski definition) is 2. The molecule has 166 valence electrons. The summed E-state index contributed by atoms with van der Waals surface area (Å²) in [6.45, 7) is 5.56. The number of unbranched alkanes of at least 4 members (excludes halogenated alkanes) is 13. The summed E-state index contributed by atoms with van der Waals surface area (Å²) < 4.78 is 0. The highest BCUT2D eigenvalue weighted by molar-refractivity contribution is 5.77. The van der Waals surface area contributed by atoms with E-state index in [9.17, 15) is 4.79 Å². The molecule has 0 aliphatic heterocycles. The zero-order valence-electron chi connectivity index (χ0n) is 19.2. The Hall–Kier alpha value is -1.35. The van der Waals surface area contributed by atoms with E-state index < -0.39 is 0 Å². The summed E-state index contributed by atoms with van der Waals surface area (Å²) in [5.41, 5.74) is 1.22. The summed E-state index contributed by atoms with van der Waals surface area (Å²) in [4.78, 5) is 11.9. The Bertz CT molecular complexity index is 489. The lowest BCUT2D eigenvalue weighted by Crippen LogP contribution is -2.35. The molecule has 0 radical (unpaired) electrons. The van der Waals surface area contributed by atoms with Gasteiger partial charge in [-0.2, -0.15) is 0 Å². The molecule has 0 heterocycles. The zero-order chi connectivity index (χ0) is 21.0. The predicted octanol–water partition coefficient (Wildman–Crippen LogP) is 6.93. The highest BCUT2D eigenvalue weighted by atomic mass is 16.1. The minimum Gasteiger partial charge on any atom is -0.355 e. The number of nitrogens with one attached hydrogen (secondary N) is 2. The summed E-state index contributed by atoms with van der Waals surface area (Å²) in [7, 11) is 0. The molecule has 2 N–H and O–H groups in total. The lowest BCUT2D eigenvalue weighted by atomic mass is 10.0. The van der Waals surface area contributed by atoms with Gasteiger partial charge >= 0.3 is 0 Å². The largest absolute Gasteiger partial charge is 0.355 e. The van der Waals surface area contributed by atoms with Gasteiger partial charge in [-0.25, -0.2) is 0 Å². The molecule has 3 nitrogen and oxygen atoms in total. The van der Waals surface area contributed by atoms with Crippen molar-refractivity contribution < 1.29 is 4.79 Å². The third kappa shape index (κ3) is 15.2. The number of benzene rings is 1. The van der Waals surface area contributed by atoms with Gasteiger partial charge in [-0.3, -0.25) is 4.79 Å². The summed E-state index contributed by atoms with van der Waals surface area (Å²) in [6, 6.07) is 10.4. The summed E-state index contributed by atoms with van der Waals surface area (Å²) >= 11 is 0. The fourth-order valence-electron chi connectivity index (χ4n) is 3.72. The molecule has 1 rings (SSSR count). The van der Waals surface area contributed by atoms with Crippen molar-refractivity contribution in [3.63, 3.8) is 0 Å². The monoisotopic (exact) mass is 402 g/mol. The minimum absolute atomic E-state index is 0.0995. The smallest absolute Gasteiger partial charge is 0.233 e. The van der Waals surface area contributed by atoms with Crippen LogP contribution < -0.4 is 10.6 Å². The van der Waals surface area contributed by atoms with E-state index in [2.05, 4.69) is 36.6 Å². The zero-order valence-corrected chi connectivity index (χ0v) is 19.2. The number of carbonyl (C=O) groups is 1. The molecule has 0 spiro atoms. The summed E-state index contributed by atoms with van der Waals surface area (Å²) in [6.07, 6.45) is 19.1. The first kappa shape index (κ1) is 25.7. The van der Waals surface area contributed by atoms with Crippen LogP contribution in [0, 0.1) is 0 Å². The molecule has 1 aromatic carbocycles. The Labute approximate surface area is 180 Å². The van der Waals surface area contributed by atoms with E-state index in [1.54, 1.807) is 0 Å². The number of amides is 1. The average Bonchev–Trinajstić information content (AvgIpc) is 2.75. The molecule has 1 aromatic rings. The maximum Gasteiger partial charge on any atom is 0.233 e. The van der Waals surface area contributed by atoms with E-state index >= 15 is 0 Å². The van der Waals surface area contributed by atoms with Gasteiger partial charge < -0.3 is 10.6 Å². The van der Waals surface area contributed by atoms with Gasteiger partial charge in [-0.15, -0.1) is 0 Å². The van der Waals surface area contributed by atoms with Crippen LogP contribution in [0.1, 0.15) is 115 Å². The SMILES string of the molecule is CCCCCCCCCCCCCCCCNC(=O)CNC(C)c1ccccc1. The van der Waals surface area contributed by atoms with Crippen LogP contribution in [-0.4, -0.2) is 19.0 Å². The third-order valence-electron chi connectivity index (χ3n) is 5.72. The fraction of sp³-hybridized carbons (Fsp3) is 0.731. The van der Waals surface area contributed by atoms with E-state index in [0.717, 1.165) is 13.0 Å². The van der Waals surface area contributed by atoms with E-state index in [1.165, 1.54) is 89.0 Å². The topological polar surface area (TPSA) is 41.1 Å². The van der Waals surface area contributed by atoms with Gasteiger partial charge in [0.2, 0.25) is 5.91 Å². The molecule has 3 heteroatoms. The molecule has 1 atom stereocenters. The van der Waals surface area contributed by atoms with Gasteiger partial charge in [0.15, 0.2) is 0 Å². The van der Waals surface area contributed by atoms with Crippen LogP contribution in [0.2, 0.25) is 0 Å². The Morgan fingerprint density at radius 1 is 0.759 bits per heavy atom. The van der Waals surface area contributed by atoms with Crippen LogP contribution in [0.25, 0.3) is 0 Å². The molecule has 0 saturated carbocycles. The predicted molar refractivity (Wildman–Crippen MR) is 126 cm³/mol. The second-order valence-electron chi connectivity index (χ2n) is 8.46. The van der Waals surface area contributed by atoms with Crippen LogP contribution in [0.5, 0.6) is 0 Å². The summed E-state index contributed by atoms with van der Waals surface area (Å²) in [5, 5.41) is 6.32. The first-order valence-corrected chi connectivity index (χ1v) is 12.3. The molecule has 0 aliphatic rings. The third-order valence-corrected chi connectivity index (χ3v) is 5.72. The van der Waals surface area contributed by atoms with Crippen LogP contribution in [0.3, 0.4) is 0 Å². The molecule has 0 saturated heterocycles. The summed E-state index contributed by atoms with van der Waals surface area (Å²) in [5.74, 6) is 0.0995. The van der Waals surface area contributed by atoms with Crippen molar-refractivity contribution in [2.24, 2.45) is 0 Å². The van der Waals surface area contributed by atoms with Gasteiger partial charge in [-0.1, -0.05) is 121 Å². The first-order valence-electron chi connectivity index (χ1n) is 12.3. The molecule has 0 fully saturated rings. The highest BCUT2D eigenvalue weighted by Gasteiger charge is 2.06. The van der Waals surface area contributed by atoms with Crippen LogP contribution >= 0.6 is 0 Å². The molecular formula is C26H46N2O. The number of rotatable bonds is 19. The maximum absolute atomic E-state index is 11.9. The molecule has 0 bridgehead atoms. The number of carbonyl (C=O) groups excluding carboxylic acids is 1. The fourth-order valence-corrected chi connectivity index (χ4v) is 3.72. The van der Waals surface area contributed by atoms with Crippen molar-refractivity contribution in [2.45, 2.75) is 110 Å². The van der Waals surface area contributed by atoms with E-state index in [1.807, 2.05) is 18.2 Å². The quantitative estimate of drug-likeness (QED) is 0.246. The van der Waals surface area contributed by atoms with Gasteiger partial charge in [0.05, 0.1) is 6.54 Å². The van der Waals surface area contributed by atoms with Crippen molar-refractivity contribution in [1.29, 1.82) is 0 Å². The highest BCUT2D eigenvalue weighted by Crippen LogP contribution is 2.13. The van der Waals surface area contributed by atoms with Gasteiger partial charge in [0, 0.05) is 12.6 Å². The second-order valence-corrected chi connectivity index (χ2v) is 8.46. The Morgan fingerprint density at radius 2 is 1.24 bits per heavy atom.